The van der Waals surface area contributed by atoms with Gasteiger partial charge in [0.05, 0.1) is 35.7 Å². The second-order valence-electron chi connectivity index (χ2n) is 8.46. The molecule has 1 saturated heterocycles. The molecule has 1 fully saturated rings. The summed E-state index contributed by atoms with van der Waals surface area (Å²) in [5.74, 6) is -0.188. The molecular formula is C25H21F2N7O2. The molecule has 0 radical (unpaired) electrons. The van der Waals surface area contributed by atoms with Crippen LogP contribution in [0, 0.1) is 11.6 Å². The highest BCUT2D eigenvalue weighted by molar-refractivity contribution is 5.87. The Hall–Kier alpha value is -4.25. The Morgan fingerprint density at radius 1 is 1.06 bits per heavy atom. The first-order valence-electron chi connectivity index (χ1n) is 11.5. The molecule has 0 spiro atoms. The molecule has 0 amide bonds. The summed E-state index contributed by atoms with van der Waals surface area (Å²) in [6, 6.07) is 10.3. The number of halogens is 2. The van der Waals surface area contributed by atoms with E-state index in [1.54, 1.807) is 29.0 Å². The van der Waals surface area contributed by atoms with Gasteiger partial charge in [0.2, 0.25) is 0 Å². The van der Waals surface area contributed by atoms with Gasteiger partial charge in [-0.2, -0.15) is 9.61 Å². The van der Waals surface area contributed by atoms with Gasteiger partial charge in [-0.3, -0.25) is 4.98 Å². The van der Waals surface area contributed by atoms with Gasteiger partial charge in [0.15, 0.2) is 11.5 Å². The van der Waals surface area contributed by atoms with E-state index in [9.17, 15) is 8.78 Å². The number of pyridine rings is 2. The largest absolute Gasteiger partial charge is 0.489 e. The van der Waals surface area contributed by atoms with Crippen LogP contribution in [0.25, 0.3) is 27.9 Å². The summed E-state index contributed by atoms with van der Waals surface area (Å²) in [6.45, 7) is 1.55. The van der Waals surface area contributed by atoms with Crippen molar-refractivity contribution in [1.29, 1.82) is 0 Å². The first-order valence-corrected chi connectivity index (χ1v) is 11.5. The van der Waals surface area contributed by atoms with Crippen molar-refractivity contribution in [2.24, 2.45) is 0 Å². The topological polar surface area (TPSA) is 99.4 Å². The maximum Gasteiger partial charge on any atom is 0.178 e. The third kappa shape index (κ3) is 4.52. The molecule has 36 heavy (non-hydrogen) atoms. The molecule has 182 valence electrons. The zero-order valence-electron chi connectivity index (χ0n) is 19.1. The molecule has 6 rings (SSSR count). The minimum Gasteiger partial charge on any atom is -0.489 e. The Morgan fingerprint density at radius 2 is 1.94 bits per heavy atom. The summed E-state index contributed by atoms with van der Waals surface area (Å²) in [5.41, 5.74) is 3.35. The molecule has 1 aromatic carbocycles. The van der Waals surface area contributed by atoms with Gasteiger partial charge < -0.3 is 14.8 Å². The molecule has 4 aromatic heterocycles. The van der Waals surface area contributed by atoms with Crippen molar-refractivity contribution in [2.45, 2.75) is 25.5 Å². The first-order chi connectivity index (χ1) is 17.6. The lowest BCUT2D eigenvalue weighted by atomic mass is 10.1. The van der Waals surface area contributed by atoms with E-state index >= 15 is 0 Å². The highest BCUT2D eigenvalue weighted by Crippen LogP contribution is 2.25. The monoisotopic (exact) mass is 489 g/mol. The Labute approximate surface area is 204 Å². The molecule has 1 atom stereocenters. The Morgan fingerprint density at radius 3 is 2.78 bits per heavy atom. The lowest BCUT2D eigenvalue weighted by molar-refractivity contribution is 0.0679. The third-order valence-corrected chi connectivity index (χ3v) is 5.93. The van der Waals surface area contributed by atoms with Crippen molar-refractivity contribution in [3.8, 4) is 17.0 Å². The lowest BCUT2D eigenvalue weighted by Gasteiger charge is -2.12. The van der Waals surface area contributed by atoms with Gasteiger partial charge in [-0.05, 0) is 43.2 Å². The number of nitrogens with zero attached hydrogens (tertiary/aromatic N) is 6. The average molecular weight is 489 g/mol. The second-order valence-corrected chi connectivity index (χ2v) is 8.46. The summed E-state index contributed by atoms with van der Waals surface area (Å²) in [7, 11) is 0. The van der Waals surface area contributed by atoms with Gasteiger partial charge in [0, 0.05) is 30.5 Å². The van der Waals surface area contributed by atoms with Crippen LogP contribution in [0.1, 0.15) is 18.7 Å². The molecule has 1 aliphatic rings. The van der Waals surface area contributed by atoms with Crippen molar-refractivity contribution < 1.29 is 18.3 Å². The summed E-state index contributed by atoms with van der Waals surface area (Å²) in [6.07, 6.45) is 5.53. The van der Waals surface area contributed by atoms with Gasteiger partial charge in [0.1, 0.15) is 29.5 Å². The van der Waals surface area contributed by atoms with Gasteiger partial charge in [-0.25, -0.2) is 13.8 Å². The fourth-order valence-corrected chi connectivity index (χ4v) is 4.17. The number of fused-ring (bicyclic) bond motifs is 2. The minimum absolute atomic E-state index is 0.119. The molecule has 1 unspecified atom stereocenters. The van der Waals surface area contributed by atoms with Crippen LogP contribution >= 0.6 is 0 Å². The zero-order chi connectivity index (χ0) is 24.5. The number of aromatic nitrogens is 6. The van der Waals surface area contributed by atoms with Crippen molar-refractivity contribution in [3.05, 3.63) is 72.3 Å². The van der Waals surface area contributed by atoms with Crippen LogP contribution in [-0.2, 0) is 11.3 Å². The van der Waals surface area contributed by atoms with Crippen LogP contribution in [0.3, 0.4) is 0 Å². The zero-order valence-corrected chi connectivity index (χ0v) is 19.1. The molecular weight excluding hydrogens is 468 g/mol. The fourth-order valence-electron chi connectivity index (χ4n) is 4.17. The predicted octanol–water partition coefficient (Wildman–Crippen LogP) is 4.18. The fraction of sp³-hybridized carbons (Fsp3) is 0.240. The van der Waals surface area contributed by atoms with E-state index in [-0.39, 0.29) is 12.6 Å². The van der Waals surface area contributed by atoms with Gasteiger partial charge in [-0.15, -0.1) is 10.2 Å². The van der Waals surface area contributed by atoms with Crippen molar-refractivity contribution in [3.63, 3.8) is 0 Å². The van der Waals surface area contributed by atoms with E-state index < -0.39 is 11.6 Å². The molecule has 0 bridgehead atoms. The summed E-state index contributed by atoms with van der Waals surface area (Å²) in [5, 5.41) is 16.1. The second kappa shape index (κ2) is 9.42. The normalized spacial score (nSPS) is 15.6. The van der Waals surface area contributed by atoms with Gasteiger partial charge in [-0.1, -0.05) is 0 Å². The van der Waals surface area contributed by atoms with Crippen LogP contribution in [0.15, 0.2) is 54.9 Å². The summed E-state index contributed by atoms with van der Waals surface area (Å²) >= 11 is 0. The van der Waals surface area contributed by atoms with Crippen molar-refractivity contribution >= 4 is 22.4 Å². The van der Waals surface area contributed by atoms with E-state index in [2.05, 4.69) is 30.6 Å². The summed E-state index contributed by atoms with van der Waals surface area (Å²) in [4.78, 5) is 8.95. The highest BCUT2D eigenvalue weighted by Gasteiger charge is 2.17. The van der Waals surface area contributed by atoms with Crippen LogP contribution in [-0.4, -0.2) is 49.1 Å². The van der Waals surface area contributed by atoms with Crippen LogP contribution in [0.5, 0.6) is 5.75 Å². The molecule has 9 nitrogen and oxygen atoms in total. The number of anilines is 1. The third-order valence-electron chi connectivity index (χ3n) is 5.93. The number of hydrogen-bond acceptors (Lipinski definition) is 8. The van der Waals surface area contributed by atoms with E-state index in [1.807, 2.05) is 12.1 Å². The van der Waals surface area contributed by atoms with E-state index in [0.717, 1.165) is 31.2 Å². The molecule has 11 heteroatoms. The Balaban J connectivity index is 1.22. The maximum atomic E-state index is 13.7. The van der Waals surface area contributed by atoms with Gasteiger partial charge >= 0.3 is 0 Å². The Bertz CT molecular complexity index is 1530. The number of ether oxygens (including phenoxy) is 2. The number of nitrogens with one attached hydrogen (secondary N) is 1. The van der Waals surface area contributed by atoms with Crippen LogP contribution in [0.4, 0.5) is 14.5 Å². The van der Waals surface area contributed by atoms with Crippen molar-refractivity contribution in [2.75, 3.05) is 18.5 Å². The Kier molecular flexibility index (Phi) is 5.82. The maximum absolute atomic E-state index is 13.7. The molecule has 5 heterocycles. The summed E-state index contributed by atoms with van der Waals surface area (Å²) < 4.78 is 40.4. The van der Waals surface area contributed by atoms with E-state index in [0.29, 0.717) is 46.1 Å². The first kappa shape index (κ1) is 22.2. The smallest absolute Gasteiger partial charge is 0.178 e. The predicted molar refractivity (Wildman–Crippen MR) is 127 cm³/mol. The standard InChI is InChI=1S/C25H21F2N7O2/c26-16-8-15(9-17(27)10-16)20-3-4-23-31-32-24(34(23)33-20)13-29-21-5-6-28-22-11-19(12-30-25(21)22)36-14-18-2-1-7-35-18/h3-6,8-12,18H,1-2,7,13-14H2,(H,28,29). The molecule has 0 aliphatic carbocycles. The van der Waals surface area contributed by atoms with Gasteiger partial charge in [0.25, 0.3) is 0 Å². The van der Waals surface area contributed by atoms with Crippen LogP contribution in [0.2, 0.25) is 0 Å². The average Bonchev–Trinajstić information content (AvgIpc) is 3.55. The van der Waals surface area contributed by atoms with E-state index in [1.165, 1.54) is 12.1 Å². The lowest BCUT2D eigenvalue weighted by Crippen LogP contribution is -2.16. The quantitative estimate of drug-likeness (QED) is 0.364. The van der Waals surface area contributed by atoms with Crippen molar-refractivity contribution in [1.82, 2.24) is 29.8 Å². The number of rotatable bonds is 7. The molecule has 0 saturated carbocycles. The number of hydrogen-bond donors (Lipinski definition) is 1. The van der Waals surface area contributed by atoms with E-state index in [4.69, 9.17) is 9.47 Å². The van der Waals surface area contributed by atoms with Crippen LogP contribution < -0.4 is 10.1 Å². The SMILES string of the molecule is Fc1cc(F)cc(-c2ccc3nnc(CNc4ccnc5cc(OCC6CCCO6)cnc45)n3n2)c1. The highest BCUT2D eigenvalue weighted by atomic mass is 19.1. The molecule has 5 aromatic rings. The minimum atomic E-state index is -0.671. The number of benzene rings is 1. The molecule has 1 aliphatic heterocycles. The molecule has 1 N–H and O–H groups in total.